The van der Waals surface area contributed by atoms with Crippen LogP contribution < -0.4 is 5.32 Å². The van der Waals surface area contributed by atoms with Gasteiger partial charge in [-0.3, -0.25) is 19.3 Å². The Morgan fingerprint density at radius 1 is 1.04 bits per heavy atom. The van der Waals surface area contributed by atoms with Gasteiger partial charge in [-0.05, 0) is 25.7 Å². The van der Waals surface area contributed by atoms with E-state index < -0.39 is 8.80 Å². The molecule has 26 heavy (non-hydrogen) atoms. The summed E-state index contributed by atoms with van der Waals surface area (Å²) in [5.74, 6) is 0.174. The molecule has 1 aliphatic rings. The molecule has 0 spiro atoms. The Morgan fingerprint density at radius 2 is 1.65 bits per heavy atom. The number of nitrogens with zero attached hydrogens (tertiary/aromatic N) is 1. The van der Waals surface area contributed by atoms with E-state index in [2.05, 4.69) is 5.32 Å². The maximum Gasteiger partial charge on any atom is 0.500 e. The van der Waals surface area contributed by atoms with Gasteiger partial charge in [-0.1, -0.05) is 11.8 Å². The molecule has 0 fully saturated rings. The van der Waals surface area contributed by atoms with Crippen LogP contribution in [0.15, 0.2) is 12.2 Å². The third kappa shape index (κ3) is 7.58. The van der Waals surface area contributed by atoms with Gasteiger partial charge < -0.3 is 18.6 Å². The van der Waals surface area contributed by atoms with Crippen LogP contribution in [-0.2, 0) is 22.9 Å². The predicted molar refractivity (Wildman–Crippen MR) is 102 cm³/mol. The molecule has 0 bridgehead atoms. The van der Waals surface area contributed by atoms with Crippen LogP contribution in [0.1, 0.15) is 25.7 Å². The summed E-state index contributed by atoms with van der Waals surface area (Å²) in [5.41, 5.74) is 0. The quantitative estimate of drug-likeness (QED) is 0.284. The van der Waals surface area contributed by atoms with Crippen LogP contribution in [0.25, 0.3) is 0 Å². The molecule has 10 heteroatoms. The second-order valence-electron chi connectivity index (χ2n) is 5.68. The lowest BCUT2D eigenvalue weighted by atomic mass is 10.2. The Hall–Kier alpha value is -1.20. The molecule has 1 heterocycles. The largest absolute Gasteiger partial charge is 0.500 e. The molecule has 0 aromatic carbocycles. The monoisotopic (exact) mass is 404 g/mol. The minimum absolute atomic E-state index is 0.0568. The SMILES string of the molecule is CO[Si](CCCSC(=O)NCCCCCN1C(=O)C=CC1=O)(OC)OC. The number of hydrogen-bond donors (Lipinski definition) is 1. The van der Waals surface area contributed by atoms with Gasteiger partial charge in [0.1, 0.15) is 0 Å². The first kappa shape index (κ1) is 22.8. The van der Waals surface area contributed by atoms with E-state index in [0.717, 1.165) is 25.7 Å². The number of imide groups is 1. The van der Waals surface area contributed by atoms with Gasteiger partial charge in [-0.25, -0.2) is 0 Å². The van der Waals surface area contributed by atoms with Gasteiger partial charge >= 0.3 is 8.80 Å². The van der Waals surface area contributed by atoms with Crippen LogP contribution in [0.2, 0.25) is 6.04 Å². The van der Waals surface area contributed by atoms with E-state index in [1.165, 1.54) is 28.8 Å². The van der Waals surface area contributed by atoms with Crippen molar-refractivity contribution in [3.05, 3.63) is 12.2 Å². The molecule has 0 aromatic rings. The van der Waals surface area contributed by atoms with Crippen LogP contribution >= 0.6 is 11.8 Å². The number of amides is 3. The highest BCUT2D eigenvalue weighted by molar-refractivity contribution is 8.13. The smallest absolute Gasteiger partial charge is 0.377 e. The number of rotatable bonds is 13. The second kappa shape index (κ2) is 12.2. The lowest BCUT2D eigenvalue weighted by molar-refractivity contribution is -0.136. The van der Waals surface area contributed by atoms with E-state index in [0.29, 0.717) is 24.9 Å². The van der Waals surface area contributed by atoms with Crippen LogP contribution in [-0.4, -0.2) is 70.9 Å². The first-order valence-corrected chi connectivity index (χ1v) is 11.5. The standard InChI is InChI=1S/C16H28N2O6SSi/c1-22-26(23-2,24-3)13-7-12-25-16(21)17-10-5-4-6-11-18-14(19)8-9-15(18)20/h8-9H,4-7,10-13H2,1-3H3,(H,17,21). The molecule has 8 nitrogen and oxygen atoms in total. The summed E-state index contributed by atoms with van der Waals surface area (Å²) >= 11 is 1.23. The maximum absolute atomic E-state index is 11.8. The van der Waals surface area contributed by atoms with E-state index in [4.69, 9.17) is 13.3 Å². The number of hydrogen-bond acceptors (Lipinski definition) is 7. The lowest BCUT2D eigenvalue weighted by Gasteiger charge is -2.23. The summed E-state index contributed by atoms with van der Waals surface area (Å²) in [5, 5.41) is 2.79. The Labute approximate surface area is 160 Å². The Morgan fingerprint density at radius 3 is 2.23 bits per heavy atom. The van der Waals surface area contributed by atoms with Gasteiger partial charge in [0, 0.05) is 58.4 Å². The molecule has 1 aliphatic heterocycles. The van der Waals surface area contributed by atoms with Gasteiger partial charge in [0.25, 0.3) is 17.1 Å². The van der Waals surface area contributed by atoms with E-state index in [1.807, 2.05) is 0 Å². The van der Waals surface area contributed by atoms with Crippen molar-refractivity contribution in [3.63, 3.8) is 0 Å². The molecule has 1 rings (SSSR count). The van der Waals surface area contributed by atoms with Crippen molar-refractivity contribution in [3.8, 4) is 0 Å². The summed E-state index contributed by atoms with van der Waals surface area (Å²) in [6.07, 6.45) is 5.73. The summed E-state index contributed by atoms with van der Waals surface area (Å²) in [4.78, 5) is 35.8. The zero-order valence-corrected chi connectivity index (χ0v) is 17.4. The molecule has 0 atom stereocenters. The van der Waals surface area contributed by atoms with Crippen molar-refractivity contribution in [2.75, 3.05) is 40.2 Å². The lowest BCUT2D eigenvalue weighted by Crippen LogP contribution is -2.42. The predicted octanol–water partition coefficient (Wildman–Crippen LogP) is 1.79. The molecular formula is C16H28N2O6SSi. The van der Waals surface area contributed by atoms with Crippen molar-refractivity contribution < 1.29 is 27.7 Å². The summed E-state index contributed by atoms with van der Waals surface area (Å²) in [6.45, 7) is 1.01. The highest BCUT2D eigenvalue weighted by Crippen LogP contribution is 2.17. The molecule has 0 aliphatic carbocycles. The number of nitrogens with one attached hydrogen (secondary N) is 1. The topological polar surface area (TPSA) is 94.2 Å². The molecule has 1 N–H and O–H groups in total. The van der Waals surface area contributed by atoms with E-state index >= 15 is 0 Å². The first-order valence-electron chi connectivity index (χ1n) is 8.57. The second-order valence-corrected chi connectivity index (χ2v) is 9.84. The van der Waals surface area contributed by atoms with Crippen LogP contribution in [0.3, 0.4) is 0 Å². The number of unbranched alkanes of at least 4 members (excludes halogenated alkanes) is 2. The summed E-state index contributed by atoms with van der Waals surface area (Å²) < 4.78 is 16.0. The molecule has 0 radical (unpaired) electrons. The Kier molecular flexibility index (Phi) is 10.7. The minimum Gasteiger partial charge on any atom is -0.377 e. The molecule has 0 saturated carbocycles. The highest BCUT2D eigenvalue weighted by Gasteiger charge is 2.36. The van der Waals surface area contributed by atoms with E-state index in [-0.39, 0.29) is 17.1 Å². The third-order valence-corrected chi connectivity index (χ3v) is 7.75. The van der Waals surface area contributed by atoms with E-state index in [1.54, 1.807) is 21.3 Å². The van der Waals surface area contributed by atoms with Crippen molar-refractivity contribution in [2.24, 2.45) is 0 Å². The van der Waals surface area contributed by atoms with Crippen LogP contribution in [0.5, 0.6) is 0 Å². The fourth-order valence-corrected chi connectivity index (χ4v) is 5.13. The van der Waals surface area contributed by atoms with Crippen molar-refractivity contribution in [1.29, 1.82) is 0 Å². The zero-order valence-electron chi connectivity index (χ0n) is 15.6. The fourth-order valence-electron chi connectivity index (χ4n) is 2.47. The van der Waals surface area contributed by atoms with Crippen molar-refractivity contribution in [2.45, 2.75) is 31.7 Å². The maximum atomic E-state index is 11.8. The summed E-state index contributed by atoms with van der Waals surface area (Å²) in [6, 6.07) is 0.666. The molecular weight excluding hydrogens is 376 g/mol. The Balaban J connectivity index is 2.02. The van der Waals surface area contributed by atoms with Crippen LogP contribution in [0, 0.1) is 0 Å². The fraction of sp³-hybridized carbons (Fsp3) is 0.688. The summed E-state index contributed by atoms with van der Waals surface area (Å²) in [7, 11) is 2.17. The molecule has 0 aromatic heterocycles. The van der Waals surface area contributed by atoms with Gasteiger partial charge in [0.2, 0.25) is 0 Å². The number of carbonyl (C=O) groups excluding carboxylic acids is 3. The normalized spacial score (nSPS) is 14.3. The molecule has 148 valence electrons. The highest BCUT2D eigenvalue weighted by atomic mass is 32.2. The molecule has 3 amide bonds. The zero-order chi connectivity index (χ0) is 19.4. The molecule has 0 unspecified atom stereocenters. The number of carbonyl (C=O) groups is 3. The number of thioether (sulfide) groups is 1. The third-order valence-electron chi connectivity index (χ3n) is 4.02. The van der Waals surface area contributed by atoms with Gasteiger partial charge in [0.15, 0.2) is 0 Å². The van der Waals surface area contributed by atoms with Crippen molar-refractivity contribution in [1.82, 2.24) is 10.2 Å². The average Bonchev–Trinajstić information content (AvgIpc) is 2.97. The van der Waals surface area contributed by atoms with Gasteiger partial charge in [-0.2, -0.15) is 0 Å². The Bertz CT molecular complexity index is 487. The minimum atomic E-state index is -2.55. The van der Waals surface area contributed by atoms with Crippen LogP contribution in [0.4, 0.5) is 4.79 Å². The van der Waals surface area contributed by atoms with Gasteiger partial charge in [0.05, 0.1) is 0 Å². The van der Waals surface area contributed by atoms with Gasteiger partial charge in [-0.15, -0.1) is 0 Å². The molecule has 0 saturated heterocycles. The first-order chi connectivity index (χ1) is 12.5. The van der Waals surface area contributed by atoms with E-state index in [9.17, 15) is 14.4 Å². The average molecular weight is 405 g/mol. The van der Waals surface area contributed by atoms with Crippen molar-refractivity contribution >= 4 is 37.6 Å².